The fourth-order valence-corrected chi connectivity index (χ4v) is 3.59. The van der Waals surface area contributed by atoms with E-state index in [0.717, 1.165) is 25.7 Å². The van der Waals surface area contributed by atoms with Crippen LogP contribution in [0.2, 0.25) is 0 Å². The summed E-state index contributed by atoms with van der Waals surface area (Å²) in [7, 11) is -3.40. The Bertz CT molecular complexity index is 318. The van der Waals surface area contributed by atoms with Gasteiger partial charge < -0.3 is 13.9 Å². The summed E-state index contributed by atoms with van der Waals surface area (Å²) in [6, 6.07) is 0. The molecule has 0 rings (SSSR count). The van der Waals surface area contributed by atoms with Crippen LogP contribution < -0.4 is 0 Å². The van der Waals surface area contributed by atoms with Crippen molar-refractivity contribution in [1.29, 1.82) is 0 Å². The number of hydrogen-bond acceptors (Lipinski definition) is 4. The molecule has 0 aliphatic heterocycles. The van der Waals surface area contributed by atoms with Crippen LogP contribution in [0.25, 0.3) is 0 Å². The van der Waals surface area contributed by atoms with E-state index >= 15 is 0 Å². The molecule has 0 aromatic heterocycles. The molecule has 0 bridgehead atoms. The molecule has 0 fully saturated rings. The highest BCUT2D eigenvalue weighted by molar-refractivity contribution is 7.55. The van der Waals surface area contributed by atoms with E-state index in [4.69, 9.17) is 9.05 Å². The van der Waals surface area contributed by atoms with Crippen LogP contribution in [0.4, 0.5) is 0 Å². The summed E-state index contributed by atoms with van der Waals surface area (Å²) in [6.07, 6.45) is 3.53. The molecule has 0 saturated heterocycles. The lowest BCUT2D eigenvalue weighted by atomic mass is 10.4. The molecule has 126 valence electrons. The van der Waals surface area contributed by atoms with E-state index in [9.17, 15) is 9.36 Å². The van der Waals surface area contributed by atoms with Crippen LogP contribution in [0.15, 0.2) is 0 Å². The third-order valence-electron chi connectivity index (χ3n) is 3.45. The lowest BCUT2D eigenvalue weighted by Gasteiger charge is -2.28. The second kappa shape index (κ2) is 11.2. The van der Waals surface area contributed by atoms with Gasteiger partial charge in [-0.05, 0) is 33.6 Å². The van der Waals surface area contributed by atoms with Crippen LogP contribution in [0.3, 0.4) is 0 Å². The third kappa shape index (κ3) is 6.94. The van der Waals surface area contributed by atoms with E-state index in [-0.39, 0.29) is 5.91 Å². The molecule has 0 N–H and O–H groups in total. The highest BCUT2D eigenvalue weighted by atomic mass is 31.2. The zero-order chi connectivity index (χ0) is 16.3. The maximum atomic E-state index is 12.9. The van der Waals surface area contributed by atoms with Gasteiger partial charge in [-0.1, -0.05) is 26.7 Å². The Labute approximate surface area is 129 Å². The Balaban J connectivity index is 4.90. The predicted molar refractivity (Wildman–Crippen MR) is 86.7 cm³/mol. The van der Waals surface area contributed by atoms with Crippen molar-refractivity contribution in [2.24, 2.45) is 0 Å². The van der Waals surface area contributed by atoms with Gasteiger partial charge in [0, 0.05) is 13.1 Å². The largest absolute Gasteiger partial charge is 0.342 e. The molecule has 0 saturated carbocycles. The van der Waals surface area contributed by atoms with Gasteiger partial charge in [0.1, 0.15) is 5.66 Å². The number of hydrogen-bond donors (Lipinski definition) is 0. The molecule has 0 radical (unpaired) electrons. The number of carbonyl (C=O) groups excluding carboxylic acids is 1. The zero-order valence-electron chi connectivity index (χ0n) is 14.3. The summed E-state index contributed by atoms with van der Waals surface area (Å²) >= 11 is 0. The lowest BCUT2D eigenvalue weighted by molar-refractivity contribution is -0.130. The van der Waals surface area contributed by atoms with Gasteiger partial charge in [0.05, 0.1) is 13.2 Å². The topological polar surface area (TPSA) is 55.8 Å². The van der Waals surface area contributed by atoms with Crippen molar-refractivity contribution >= 4 is 13.5 Å². The first-order valence-corrected chi connectivity index (χ1v) is 9.75. The Kier molecular flexibility index (Phi) is 11.0. The number of amides is 1. The lowest BCUT2D eigenvalue weighted by Crippen LogP contribution is -2.38. The maximum Gasteiger partial charge on any atom is 0.342 e. The highest BCUT2D eigenvalue weighted by Crippen LogP contribution is 2.53. The van der Waals surface area contributed by atoms with E-state index in [1.807, 2.05) is 27.7 Å². The van der Waals surface area contributed by atoms with Gasteiger partial charge in [-0.3, -0.25) is 9.36 Å². The van der Waals surface area contributed by atoms with Crippen molar-refractivity contribution in [3.05, 3.63) is 0 Å². The fourth-order valence-electron chi connectivity index (χ4n) is 1.87. The number of unbranched alkanes of at least 4 members (excludes halogenated alkanes) is 2. The quantitative estimate of drug-likeness (QED) is 0.401. The Morgan fingerprint density at radius 1 is 1.00 bits per heavy atom. The molecule has 21 heavy (non-hydrogen) atoms. The molecule has 0 heterocycles. The van der Waals surface area contributed by atoms with E-state index in [1.54, 1.807) is 11.8 Å². The van der Waals surface area contributed by atoms with Crippen molar-refractivity contribution in [3.8, 4) is 0 Å². The van der Waals surface area contributed by atoms with E-state index < -0.39 is 13.3 Å². The molecule has 1 amide bonds. The molecule has 0 aliphatic rings. The minimum Gasteiger partial charge on any atom is -0.342 e. The Morgan fingerprint density at radius 2 is 1.43 bits per heavy atom. The van der Waals surface area contributed by atoms with Crippen LogP contribution in [0.1, 0.15) is 60.3 Å². The standard InChI is InChI=1S/C15H32NO4P/c1-6-10-12-19-21(18,20-13-11-7-2)14(5)15(17)16(8-3)9-4/h14H,6-13H2,1-5H3. The molecular weight excluding hydrogens is 289 g/mol. The van der Waals surface area contributed by atoms with Gasteiger partial charge in [0.25, 0.3) is 0 Å². The summed E-state index contributed by atoms with van der Waals surface area (Å²) in [5.74, 6) is -0.156. The smallest absolute Gasteiger partial charge is 0.342 e. The van der Waals surface area contributed by atoms with Crippen LogP contribution in [0, 0.1) is 0 Å². The van der Waals surface area contributed by atoms with Gasteiger partial charge in [0.2, 0.25) is 5.91 Å². The minimum atomic E-state index is -3.40. The van der Waals surface area contributed by atoms with Crippen molar-refractivity contribution in [2.45, 2.75) is 66.0 Å². The second-order valence-electron chi connectivity index (χ2n) is 5.10. The first kappa shape index (κ1) is 20.6. The van der Waals surface area contributed by atoms with E-state index in [2.05, 4.69) is 0 Å². The zero-order valence-corrected chi connectivity index (χ0v) is 15.2. The number of rotatable bonds is 12. The summed E-state index contributed by atoms with van der Waals surface area (Å²) in [6.45, 7) is 11.5. The monoisotopic (exact) mass is 321 g/mol. The molecule has 0 aliphatic carbocycles. The van der Waals surface area contributed by atoms with Crippen molar-refractivity contribution in [1.82, 2.24) is 4.90 Å². The molecule has 1 atom stereocenters. The molecular formula is C15H32NO4P. The first-order valence-electron chi connectivity index (χ1n) is 8.14. The summed E-state index contributed by atoms with van der Waals surface area (Å²) in [4.78, 5) is 14.1. The van der Waals surface area contributed by atoms with Gasteiger partial charge in [-0.25, -0.2) is 0 Å². The van der Waals surface area contributed by atoms with Crippen molar-refractivity contribution in [3.63, 3.8) is 0 Å². The summed E-state index contributed by atoms with van der Waals surface area (Å²) in [5, 5.41) is 0. The summed E-state index contributed by atoms with van der Waals surface area (Å²) in [5.41, 5.74) is -0.744. The molecule has 0 aromatic rings. The van der Waals surface area contributed by atoms with E-state index in [0.29, 0.717) is 26.3 Å². The average Bonchev–Trinajstić information content (AvgIpc) is 2.48. The summed E-state index contributed by atoms with van der Waals surface area (Å²) < 4.78 is 24.0. The maximum absolute atomic E-state index is 12.9. The van der Waals surface area contributed by atoms with Crippen molar-refractivity contribution < 1.29 is 18.4 Å². The van der Waals surface area contributed by atoms with Crippen molar-refractivity contribution in [2.75, 3.05) is 26.3 Å². The highest BCUT2D eigenvalue weighted by Gasteiger charge is 2.39. The van der Waals surface area contributed by atoms with Crippen LogP contribution >= 0.6 is 7.60 Å². The number of carbonyl (C=O) groups is 1. The van der Waals surface area contributed by atoms with Gasteiger partial charge in [-0.15, -0.1) is 0 Å². The predicted octanol–water partition coefficient (Wildman–Crippen LogP) is 4.07. The molecule has 6 heteroatoms. The van der Waals surface area contributed by atoms with Gasteiger partial charge in [-0.2, -0.15) is 0 Å². The minimum absolute atomic E-state index is 0.156. The molecule has 5 nitrogen and oxygen atoms in total. The molecule has 1 unspecified atom stereocenters. The van der Waals surface area contributed by atoms with E-state index in [1.165, 1.54) is 0 Å². The SMILES string of the molecule is CCCCOP(=O)(OCCCC)C(C)C(=O)N(CC)CC. The van der Waals surface area contributed by atoms with Crippen LogP contribution in [0.5, 0.6) is 0 Å². The molecule has 0 aromatic carbocycles. The van der Waals surface area contributed by atoms with Crippen LogP contribution in [-0.2, 0) is 18.4 Å². The van der Waals surface area contributed by atoms with Crippen LogP contribution in [-0.4, -0.2) is 42.8 Å². The third-order valence-corrected chi connectivity index (χ3v) is 5.70. The Hall–Kier alpha value is -0.380. The van der Waals surface area contributed by atoms with Gasteiger partial charge >= 0.3 is 7.60 Å². The second-order valence-corrected chi connectivity index (χ2v) is 7.47. The average molecular weight is 321 g/mol. The normalized spacial score (nSPS) is 13.2. The number of nitrogens with zero attached hydrogens (tertiary/aromatic N) is 1. The fraction of sp³-hybridized carbons (Fsp3) is 0.933. The first-order chi connectivity index (χ1) is 9.96. The Morgan fingerprint density at radius 3 is 1.76 bits per heavy atom. The van der Waals surface area contributed by atoms with Gasteiger partial charge in [0.15, 0.2) is 0 Å². The molecule has 0 spiro atoms.